The van der Waals surface area contributed by atoms with Gasteiger partial charge in [-0.15, -0.1) is 13.2 Å². The second-order valence-electron chi connectivity index (χ2n) is 8.84. The van der Waals surface area contributed by atoms with E-state index in [-0.39, 0.29) is 31.8 Å². The van der Waals surface area contributed by atoms with Gasteiger partial charge in [0.25, 0.3) is 0 Å². The Kier molecular flexibility index (Phi) is 10.4. The minimum atomic E-state index is -0.915. The summed E-state index contributed by atoms with van der Waals surface area (Å²) in [7, 11) is 0. The maximum absolute atomic E-state index is 9.64. The summed E-state index contributed by atoms with van der Waals surface area (Å²) in [4.78, 5) is 0. The van der Waals surface area contributed by atoms with Crippen LogP contribution in [0, 0.1) is 0 Å². The maximum atomic E-state index is 9.64. The molecule has 0 aromatic heterocycles. The van der Waals surface area contributed by atoms with Crippen molar-refractivity contribution >= 4 is 0 Å². The number of aliphatic hydroxyl groups is 4. The second kappa shape index (κ2) is 12.8. The van der Waals surface area contributed by atoms with Crippen LogP contribution in [0.15, 0.2) is 66.5 Å². The SMILES string of the molecule is C=CCC1=C(OCC(O)CO)CCC(C(C)(C)c2ccc(OCC(O)CO)cc2CC=C)=C1. The average Bonchev–Trinajstić information content (AvgIpc) is 2.81. The van der Waals surface area contributed by atoms with Crippen LogP contribution in [0.5, 0.6) is 5.75 Å². The fraction of sp³-hybridized carbons (Fsp3) is 0.481. The Balaban J connectivity index is 2.35. The third kappa shape index (κ3) is 7.30. The van der Waals surface area contributed by atoms with E-state index in [4.69, 9.17) is 19.7 Å². The normalized spacial score (nSPS) is 16.1. The van der Waals surface area contributed by atoms with Gasteiger partial charge in [0.05, 0.1) is 19.0 Å². The van der Waals surface area contributed by atoms with Crippen LogP contribution in [0.2, 0.25) is 0 Å². The van der Waals surface area contributed by atoms with Gasteiger partial charge in [0.2, 0.25) is 0 Å². The highest BCUT2D eigenvalue weighted by molar-refractivity contribution is 5.48. The van der Waals surface area contributed by atoms with E-state index in [1.165, 1.54) is 11.1 Å². The fourth-order valence-electron chi connectivity index (χ4n) is 4.02. The number of allylic oxidation sites excluding steroid dienone is 6. The van der Waals surface area contributed by atoms with Crippen molar-refractivity contribution in [3.05, 3.63) is 77.6 Å². The van der Waals surface area contributed by atoms with Gasteiger partial charge in [0.15, 0.2) is 0 Å². The van der Waals surface area contributed by atoms with Gasteiger partial charge in [0.1, 0.15) is 31.2 Å². The molecule has 2 atom stereocenters. The zero-order valence-electron chi connectivity index (χ0n) is 19.8. The zero-order valence-corrected chi connectivity index (χ0v) is 19.8. The molecule has 1 aromatic carbocycles. The molecule has 2 unspecified atom stereocenters. The number of aliphatic hydroxyl groups excluding tert-OH is 4. The molecule has 0 heterocycles. The quantitative estimate of drug-likeness (QED) is 0.319. The highest BCUT2D eigenvalue weighted by Crippen LogP contribution is 2.41. The van der Waals surface area contributed by atoms with Crippen LogP contribution in [0.1, 0.15) is 44.2 Å². The highest BCUT2D eigenvalue weighted by Gasteiger charge is 2.30. The van der Waals surface area contributed by atoms with Gasteiger partial charge in [0, 0.05) is 11.8 Å². The average molecular weight is 459 g/mol. The first-order valence-corrected chi connectivity index (χ1v) is 11.4. The molecule has 6 nitrogen and oxygen atoms in total. The van der Waals surface area contributed by atoms with Crippen LogP contribution in [-0.2, 0) is 16.6 Å². The molecule has 0 saturated heterocycles. The van der Waals surface area contributed by atoms with Crippen molar-refractivity contribution in [2.45, 2.75) is 57.2 Å². The standard InChI is InChI=1S/C27H38O6/c1-5-7-19-14-24(32-17-22(30)15-28)10-11-25(19)27(3,4)21-9-12-26(20(13-21)8-6-2)33-18-23(31)16-29/h5-6,10-11,13-14,22-23,28-31H,1-2,7-9,12,15-18H2,3-4H3. The van der Waals surface area contributed by atoms with E-state index in [2.05, 4.69) is 39.1 Å². The molecule has 33 heavy (non-hydrogen) atoms. The van der Waals surface area contributed by atoms with Crippen LogP contribution in [-0.4, -0.2) is 59.1 Å². The molecule has 1 aliphatic rings. The van der Waals surface area contributed by atoms with E-state index in [0.29, 0.717) is 25.0 Å². The molecule has 182 valence electrons. The van der Waals surface area contributed by atoms with E-state index in [0.717, 1.165) is 23.3 Å². The Hall–Kier alpha value is -2.38. The lowest BCUT2D eigenvalue weighted by molar-refractivity contribution is 0.0273. The Morgan fingerprint density at radius 1 is 0.970 bits per heavy atom. The van der Waals surface area contributed by atoms with Gasteiger partial charge in [-0.25, -0.2) is 0 Å². The minimum absolute atomic E-state index is 0.0292. The van der Waals surface area contributed by atoms with Gasteiger partial charge in [-0.1, -0.05) is 43.7 Å². The molecule has 6 heteroatoms. The summed E-state index contributed by atoms with van der Waals surface area (Å²) < 4.78 is 11.5. The second-order valence-corrected chi connectivity index (χ2v) is 8.84. The predicted molar refractivity (Wildman–Crippen MR) is 130 cm³/mol. The first kappa shape index (κ1) is 26.9. The van der Waals surface area contributed by atoms with Crippen molar-refractivity contribution in [1.82, 2.24) is 0 Å². The van der Waals surface area contributed by atoms with Crippen LogP contribution >= 0.6 is 0 Å². The number of benzene rings is 1. The summed E-state index contributed by atoms with van der Waals surface area (Å²) in [6.07, 6.45) is 6.91. The summed E-state index contributed by atoms with van der Waals surface area (Å²) in [5, 5.41) is 37.3. The molecule has 0 fully saturated rings. The summed E-state index contributed by atoms with van der Waals surface area (Å²) in [5.41, 5.74) is 4.30. The van der Waals surface area contributed by atoms with Crippen molar-refractivity contribution in [1.29, 1.82) is 0 Å². The smallest absolute Gasteiger partial charge is 0.119 e. The summed E-state index contributed by atoms with van der Waals surface area (Å²) in [6.45, 7) is 11.6. The van der Waals surface area contributed by atoms with E-state index in [1.54, 1.807) is 0 Å². The van der Waals surface area contributed by atoms with Gasteiger partial charge in [-0.05, 0) is 48.1 Å². The lowest BCUT2D eigenvalue weighted by Gasteiger charge is -2.34. The zero-order chi connectivity index (χ0) is 24.4. The maximum Gasteiger partial charge on any atom is 0.119 e. The van der Waals surface area contributed by atoms with E-state index in [9.17, 15) is 10.2 Å². The summed E-state index contributed by atoms with van der Waals surface area (Å²) in [5.74, 6) is 1.47. The van der Waals surface area contributed by atoms with E-state index in [1.807, 2.05) is 24.3 Å². The topological polar surface area (TPSA) is 99.4 Å². The van der Waals surface area contributed by atoms with Gasteiger partial charge in [-0.2, -0.15) is 0 Å². The first-order chi connectivity index (χ1) is 15.8. The molecule has 1 aromatic rings. The Morgan fingerprint density at radius 2 is 1.61 bits per heavy atom. The molecular formula is C27H38O6. The number of ether oxygens (including phenoxy) is 2. The van der Waals surface area contributed by atoms with E-state index >= 15 is 0 Å². The van der Waals surface area contributed by atoms with Crippen LogP contribution in [0.25, 0.3) is 0 Å². The van der Waals surface area contributed by atoms with Gasteiger partial charge < -0.3 is 29.9 Å². The minimum Gasteiger partial charge on any atom is -0.495 e. The van der Waals surface area contributed by atoms with Gasteiger partial charge >= 0.3 is 0 Å². The fourth-order valence-corrected chi connectivity index (χ4v) is 4.02. The third-order valence-corrected chi connectivity index (χ3v) is 5.92. The third-order valence-electron chi connectivity index (χ3n) is 5.92. The predicted octanol–water partition coefficient (Wildman–Crippen LogP) is 3.34. The summed E-state index contributed by atoms with van der Waals surface area (Å²) in [6, 6.07) is 5.92. The molecule has 0 spiro atoms. The Morgan fingerprint density at radius 3 is 2.21 bits per heavy atom. The molecule has 0 amide bonds. The van der Waals surface area contributed by atoms with Crippen LogP contribution < -0.4 is 4.74 Å². The van der Waals surface area contributed by atoms with Crippen molar-refractivity contribution < 1.29 is 29.9 Å². The molecule has 0 aliphatic heterocycles. The monoisotopic (exact) mass is 458 g/mol. The molecule has 4 N–H and O–H groups in total. The largest absolute Gasteiger partial charge is 0.495 e. The molecule has 1 aliphatic carbocycles. The lowest BCUT2D eigenvalue weighted by atomic mass is 9.71. The van der Waals surface area contributed by atoms with Crippen molar-refractivity contribution in [2.24, 2.45) is 0 Å². The van der Waals surface area contributed by atoms with Crippen molar-refractivity contribution in [3.63, 3.8) is 0 Å². The van der Waals surface area contributed by atoms with E-state index < -0.39 is 12.2 Å². The molecule has 0 bridgehead atoms. The molecule has 0 saturated carbocycles. The number of rotatable bonds is 14. The van der Waals surface area contributed by atoms with Gasteiger partial charge in [-0.3, -0.25) is 0 Å². The van der Waals surface area contributed by atoms with Crippen molar-refractivity contribution in [3.8, 4) is 5.75 Å². The summed E-state index contributed by atoms with van der Waals surface area (Å²) >= 11 is 0. The molecule has 2 rings (SSSR count). The molecule has 0 radical (unpaired) electrons. The van der Waals surface area contributed by atoms with Crippen molar-refractivity contribution in [2.75, 3.05) is 26.4 Å². The molecular weight excluding hydrogens is 420 g/mol. The number of hydrogen-bond donors (Lipinski definition) is 4. The van der Waals surface area contributed by atoms with Crippen LogP contribution in [0.3, 0.4) is 0 Å². The highest BCUT2D eigenvalue weighted by atomic mass is 16.5. The number of hydrogen-bond acceptors (Lipinski definition) is 6. The Labute approximate surface area is 197 Å². The first-order valence-electron chi connectivity index (χ1n) is 11.4. The Bertz CT molecular complexity index is 867. The lowest BCUT2D eigenvalue weighted by Crippen LogP contribution is -2.25. The van der Waals surface area contributed by atoms with Crippen LogP contribution in [0.4, 0.5) is 0 Å².